The highest BCUT2D eigenvalue weighted by molar-refractivity contribution is 7.89. The van der Waals surface area contributed by atoms with Crippen molar-refractivity contribution in [3.05, 3.63) is 58.9 Å². The molecule has 0 saturated carbocycles. The van der Waals surface area contributed by atoms with E-state index in [1.54, 1.807) is 24.3 Å². The first kappa shape index (κ1) is 22.0. The molecule has 0 unspecified atom stereocenters. The summed E-state index contributed by atoms with van der Waals surface area (Å²) in [6.45, 7) is 6.59. The van der Waals surface area contributed by atoms with Gasteiger partial charge in [-0.05, 0) is 55.7 Å². The quantitative estimate of drug-likeness (QED) is 0.535. The molecule has 0 saturated heterocycles. The van der Waals surface area contributed by atoms with Crippen LogP contribution in [0.15, 0.2) is 41.3 Å². The van der Waals surface area contributed by atoms with E-state index in [-0.39, 0.29) is 11.5 Å². The number of benzene rings is 2. The molecule has 1 aromatic heterocycles. The highest BCUT2D eigenvalue weighted by Crippen LogP contribution is 2.23. The molecule has 0 bridgehead atoms. The Hall–Kier alpha value is -2.71. The number of carbonyl (C=O) groups excluding carboxylic acids is 1. The monoisotopic (exact) mass is 429 g/mol. The molecule has 2 aromatic carbocycles. The molecular formula is C22H27N3O4S. The Labute approximate surface area is 177 Å². The van der Waals surface area contributed by atoms with Gasteiger partial charge in [-0.2, -0.15) is 0 Å². The Morgan fingerprint density at radius 2 is 1.90 bits per heavy atom. The number of nitrogens with zero attached hydrogens (tertiary/aromatic N) is 3. The Bertz CT molecular complexity index is 1200. The maximum absolute atomic E-state index is 12.6. The zero-order valence-electron chi connectivity index (χ0n) is 18.0. The van der Waals surface area contributed by atoms with Crippen LogP contribution in [-0.2, 0) is 27.9 Å². The summed E-state index contributed by atoms with van der Waals surface area (Å²) in [7, 11) is -0.569. The van der Waals surface area contributed by atoms with Crippen molar-refractivity contribution < 1.29 is 17.9 Å². The Balaban J connectivity index is 1.94. The van der Waals surface area contributed by atoms with Gasteiger partial charge in [0, 0.05) is 20.6 Å². The topological polar surface area (TPSA) is 81.5 Å². The number of aromatic nitrogens is 2. The van der Waals surface area contributed by atoms with E-state index in [0.717, 1.165) is 23.1 Å². The molecule has 0 aliphatic heterocycles. The molecule has 0 fully saturated rings. The summed E-state index contributed by atoms with van der Waals surface area (Å²) in [5.74, 6) is 0.187. The van der Waals surface area contributed by atoms with E-state index < -0.39 is 16.0 Å². The molecule has 0 aliphatic carbocycles. The van der Waals surface area contributed by atoms with E-state index in [4.69, 9.17) is 4.74 Å². The molecule has 30 heavy (non-hydrogen) atoms. The smallest absolute Gasteiger partial charge is 0.338 e. The SMILES string of the molecule is CCCn1c(COC(=O)c2cccc(C)c2C)nc2cc(S(=O)(=O)N(C)C)ccc21. The van der Waals surface area contributed by atoms with Gasteiger partial charge in [0.05, 0.1) is 21.5 Å². The first-order chi connectivity index (χ1) is 14.2. The Morgan fingerprint density at radius 1 is 1.17 bits per heavy atom. The predicted octanol–water partition coefficient (Wildman–Crippen LogP) is 3.67. The maximum atomic E-state index is 12.6. The molecule has 1 heterocycles. The summed E-state index contributed by atoms with van der Waals surface area (Å²) in [6, 6.07) is 10.4. The molecular weight excluding hydrogens is 402 g/mol. The van der Waals surface area contributed by atoms with Crippen molar-refractivity contribution in [3.8, 4) is 0 Å². The zero-order chi connectivity index (χ0) is 22.1. The van der Waals surface area contributed by atoms with Crippen molar-refractivity contribution in [1.29, 1.82) is 0 Å². The lowest BCUT2D eigenvalue weighted by atomic mass is 10.0. The summed E-state index contributed by atoms with van der Waals surface area (Å²) in [6.07, 6.45) is 0.862. The van der Waals surface area contributed by atoms with Crippen molar-refractivity contribution in [2.45, 2.75) is 45.2 Å². The van der Waals surface area contributed by atoms with Gasteiger partial charge in [-0.1, -0.05) is 19.1 Å². The molecule has 0 atom stereocenters. The number of esters is 1. The molecule has 0 N–H and O–H groups in total. The van der Waals surface area contributed by atoms with E-state index in [1.165, 1.54) is 18.4 Å². The van der Waals surface area contributed by atoms with Gasteiger partial charge in [0.2, 0.25) is 10.0 Å². The van der Waals surface area contributed by atoms with Gasteiger partial charge < -0.3 is 9.30 Å². The van der Waals surface area contributed by atoms with Gasteiger partial charge in [0.1, 0.15) is 12.4 Å². The number of fused-ring (bicyclic) bond motifs is 1. The molecule has 8 heteroatoms. The van der Waals surface area contributed by atoms with Crippen LogP contribution in [0.3, 0.4) is 0 Å². The Kier molecular flexibility index (Phi) is 6.28. The third-order valence-electron chi connectivity index (χ3n) is 5.18. The first-order valence-electron chi connectivity index (χ1n) is 9.81. The molecule has 0 radical (unpaired) electrons. The number of sulfonamides is 1. The molecule has 160 valence electrons. The fourth-order valence-electron chi connectivity index (χ4n) is 3.29. The van der Waals surface area contributed by atoms with Gasteiger partial charge in [0.15, 0.2) is 0 Å². The van der Waals surface area contributed by atoms with Gasteiger partial charge in [-0.15, -0.1) is 0 Å². The summed E-state index contributed by atoms with van der Waals surface area (Å²) in [5.41, 5.74) is 3.82. The summed E-state index contributed by atoms with van der Waals surface area (Å²) >= 11 is 0. The number of aryl methyl sites for hydroxylation is 2. The lowest BCUT2D eigenvalue weighted by Gasteiger charge is -2.12. The fourth-order valence-corrected chi connectivity index (χ4v) is 4.22. The molecule has 0 aliphatic rings. The minimum Gasteiger partial charge on any atom is -0.454 e. The van der Waals surface area contributed by atoms with Crippen molar-refractivity contribution in [2.24, 2.45) is 0 Å². The largest absolute Gasteiger partial charge is 0.454 e. The highest BCUT2D eigenvalue weighted by atomic mass is 32.2. The van der Waals surface area contributed by atoms with Crippen LogP contribution >= 0.6 is 0 Å². The van der Waals surface area contributed by atoms with Crippen LogP contribution in [0.5, 0.6) is 0 Å². The summed E-state index contributed by atoms with van der Waals surface area (Å²) < 4.78 is 33.6. The second-order valence-electron chi connectivity index (χ2n) is 7.44. The van der Waals surface area contributed by atoms with E-state index >= 15 is 0 Å². The van der Waals surface area contributed by atoms with E-state index in [0.29, 0.717) is 23.4 Å². The number of rotatable bonds is 7. The van der Waals surface area contributed by atoms with E-state index in [1.807, 2.05) is 37.5 Å². The average molecular weight is 430 g/mol. The van der Waals surface area contributed by atoms with Gasteiger partial charge in [-0.3, -0.25) is 0 Å². The van der Waals surface area contributed by atoms with E-state index in [2.05, 4.69) is 4.98 Å². The fraction of sp³-hybridized carbons (Fsp3) is 0.364. The van der Waals surface area contributed by atoms with Gasteiger partial charge in [-0.25, -0.2) is 22.5 Å². The summed E-state index contributed by atoms with van der Waals surface area (Å²) in [5, 5.41) is 0. The first-order valence-corrected chi connectivity index (χ1v) is 11.3. The predicted molar refractivity (Wildman–Crippen MR) is 116 cm³/mol. The van der Waals surface area contributed by atoms with Crippen molar-refractivity contribution >= 4 is 27.0 Å². The van der Waals surface area contributed by atoms with Crippen LogP contribution < -0.4 is 0 Å². The molecule has 3 aromatic rings. The van der Waals surface area contributed by atoms with Crippen molar-refractivity contribution in [3.63, 3.8) is 0 Å². The molecule has 0 spiro atoms. The lowest BCUT2D eigenvalue weighted by molar-refractivity contribution is 0.0457. The van der Waals surface area contributed by atoms with Gasteiger partial charge in [0.25, 0.3) is 0 Å². The van der Waals surface area contributed by atoms with Crippen LogP contribution in [0.25, 0.3) is 11.0 Å². The normalized spacial score (nSPS) is 11.9. The molecule has 0 amide bonds. The summed E-state index contributed by atoms with van der Waals surface area (Å²) in [4.78, 5) is 17.3. The number of ether oxygens (including phenoxy) is 1. The second-order valence-corrected chi connectivity index (χ2v) is 9.59. The number of hydrogen-bond donors (Lipinski definition) is 0. The number of hydrogen-bond acceptors (Lipinski definition) is 5. The average Bonchev–Trinajstić information content (AvgIpc) is 3.05. The molecule has 3 rings (SSSR count). The van der Waals surface area contributed by atoms with Crippen LogP contribution in [0.1, 0.15) is 40.7 Å². The zero-order valence-corrected chi connectivity index (χ0v) is 18.8. The van der Waals surface area contributed by atoms with Crippen molar-refractivity contribution in [2.75, 3.05) is 14.1 Å². The third kappa shape index (κ3) is 4.11. The molecule has 7 nitrogen and oxygen atoms in total. The third-order valence-corrected chi connectivity index (χ3v) is 6.99. The van der Waals surface area contributed by atoms with Crippen LogP contribution in [0.4, 0.5) is 0 Å². The van der Waals surface area contributed by atoms with Crippen LogP contribution in [0, 0.1) is 13.8 Å². The maximum Gasteiger partial charge on any atom is 0.338 e. The minimum absolute atomic E-state index is 0.0106. The van der Waals surface area contributed by atoms with E-state index in [9.17, 15) is 13.2 Å². The lowest BCUT2D eigenvalue weighted by Crippen LogP contribution is -2.22. The van der Waals surface area contributed by atoms with Crippen molar-refractivity contribution in [1.82, 2.24) is 13.9 Å². The minimum atomic E-state index is -3.56. The van der Waals surface area contributed by atoms with Gasteiger partial charge >= 0.3 is 5.97 Å². The second kappa shape index (κ2) is 8.57. The highest BCUT2D eigenvalue weighted by Gasteiger charge is 2.20. The van der Waals surface area contributed by atoms with Crippen LogP contribution in [0.2, 0.25) is 0 Å². The standard InChI is InChI=1S/C22H27N3O4S/c1-6-12-25-20-11-10-17(30(27,28)24(4)5)13-19(20)23-21(25)14-29-22(26)18-9-7-8-15(2)16(18)3/h7-11,13H,6,12,14H2,1-5H3. The number of carbonyl (C=O) groups is 1. The Morgan fingerprint density at radius 3 is 2.57 bits per heavy atom. The number of imidazole rings is 1. The van der Waals surface area contributed by atoms with Crippen LogP contribution in [-0.4, -0.2) is 42.3 Å².